The molecule has 1 aromatic carbocycles. The number of para-hydroxylation sites is 1. The topological polar surface area (TPSA) is 36.1 Å². The third-order valence-electron chi connectivity index (χ3n) is 3.38. The van der Waals surface area contributed by atoms with Gasteiger partial charge in [-0.15, -0.1) is 11.8 Å². The Morgan fingerprint density at radius 2 is 2.12 bits per heavy atom. The maximum atomic E-state index is 9.27. The van der Waals surface area contributed by atoms with Crippen LogP contribution in [0.1, 0.15) is 19.4 Å². The number of nitrogens with zero attached hydrogens (tertiary/aromatic N) is 2. The van der Waals surface area contributed by atoms with Crippen molar-refractivity contribution in [3.05, 3.63) is 29.8 Å². The van der Waals surface area contributed by atoms with E-state index in [1.54, 1.807) is 11.8 Å². The zero-order chi connectivity index (χ0) is 11.8. The molecule has 0 N–H and O–H groups in total. The van der Waals surface area contributed by atoms with Crippen LogP contribution in [0.4, 0.5) is 5.69 Å². The quantitative estimate of drug-likeness (QED) is 0.781. The molecule has 0 radical (unpaired) electrons. The van der Waals surface area contributed by atoms with E-state index in [1.807, 2.05) is 31.4 Å². The first kappa shape index (κ1) is 11.2. The van der Waals surface area contributed by atoms with Crippen molar-refractivity contribution in [3.8, 4) is 6.07 Å². The second-order valence-corrected chi connectivity index (χ2v) is 5.10. The van der Waals surface area contributed by atoms with Gasteiger partial charge in [-0.05, 0) is 31.7 Å². The van der Waals surface area contributed by atoms with Crippen molar-refractivity contribution in [1.82, 2.24) is 0 Å². The minimum Gasteiger partial charge on any atom is -0.257 e. The Kier molecular flexibility index (Phi) is 2.77. The van der Waals surface area contributed by atoms with Gasteiger partial charge in [-0.25, -0.2) is 0 Å². The Morgan fingerprint density at radius 1 is 1.44 bits per heavy atom. The van der Waals surface area contributed by atoms with Crippen molar-refractivity contribution in [3.63, 3.8) is 0 Å². The molecule has 0 saturated heterocycles. The fraction of sp³-hybridized carbons (Fsp3) is 0.385. The Labute approximate surface area is 100 Å². The maximum Gasteiger partial charge on any atom is 0.106 e. The summed E-state index contributed by atoms with van der Waals surface area (Å²) in [5, 5.41) is 9.19. The minimum atomic E-state index is -0.245. The second kappa shape index (κ2) is 3.95. The molecule has 0 bridgehead atoms. The third kappa shape index (κ3) is 1.37. The highest BCUT2D eigenvalue weighted by Crippen LogP contribution is 2.45. The molecule has 0 saturated carbocycles. The van der Waals surface area contributed by atoms with Gasteiger partial charge >= 0.3 is 0 Å². The molecule has 1 aliphatic rings. The van der Waals surface area contributed by atoms with Gasteiger partial charge < -0.3 is 0 Å². The smallest absolute Gasteiger partial charge is 0.106 e. The summed E-state index contributed by atoms with van der Waals surface area (Å²) in [4.78, 5) is 4.57. The summed E-state index contributed by atoms with van der Waals surface area (Å²) < 4.78 is 0. The lowest BCUT2D eigenvalue weighted by atomic mass is 9.77. The molecule has 2 unspecified atom stereocenters. The summed E-state index contributed by atoms with van der Waals surface area (Å²) in [6.07, 6.45) is 1.98. The molecule has 0 aromatic heterocycles. The molecule has 0 amide bonds. The van der Waals surface area contributed by atoms with Crippen molar-refractivity contribution in [1.29, 1.82) is 5.26 Å². The molecule has 1 aliphatic heterocycles. The molecule has 1 aromatic rings. The van der Waals surface area contributed by atoms with E-state index in [0.29, 0.717) is 0 Å². The van der Waals surface area contributed by atoms with Crippen LogP contribution in [0.5, 0.6) is 0 Å². The molecular weight excluding hydrogens is 216 g/mol. The minimum absolute atomic E-state index is 0.0834. The van der Waals surface area contributed by atoms with Crippen LogP contribution in [0, 0.1) is 11.3 Å². The Bertz CT molecular complexity index is 487. The van der Waals surface area contributed by atoms with Crippen LogP contribution in [-0.2, 0) is 5.41 Å². The predicted molar refractivity (Wildman–Crippen MR) is 69.5 cm³/mol. The Hall–Kier alpha value is -1.27. The van der Waals surface area contributed by atoms with Crippen LogP contribution < -0.4 is 0 Å². The van der Waals surface area contributed by atoms with Crippen LogP contribution in [0.25, 0.3) is 0 Å². The summed E-state index contributed by atoms with van der Waals surface area (Å²) in [5.41, 5.74) is 2.98. The summed E-state index contributed by atoms with van der Waals surface area (Å²) in [7, 11) is 0. The van der Waals surface area contributed by atoms with Crippen LogP contribution in [0.2, 0.25) is 0 Å². The molecule has 0 fully saturated rings. The lowest BCUT2D eigenvalue weighted by Gasteiger charge is -2.29. The standard InChI is InChI=1S/C13H14N2S/c1-9-13(2,12(8-14)16-3)10-6-4-5-7-11(10)15-9/h4-7,12H,1-3H3. The zero-order valence-electron chi connectivity index (χ0n) is 9.69. The second-order valence-electron chi connectivity index (χ2n) is 4.16. The van der Waals surface area contributed by atoms with Gasteiger partial charge in [0.15, 0.2) is 0 Å². The number of fused-ring (bicyclic) bond motifs is 1. The van der Waals surface area contributed by atoms with E-state index >= 15 is 0 Å². The lowest BCUT2D eigenvalue weighted by molar-refractivity contribution is 0.683. The molecule has 3 heteroatoms. The van der Waals surface area contributed by atoms with Crippen LogP contribution in [0.15, 0.2) is 29.3 Å². The molecule has 1 heterocycles. The largest absolute Gasteiger partial charge is 0.257 e. The number of benzene rings is 1. The third-order valence-corrected chi connectivity index (χ3v) is 4.43. The van der Waals surface area contributed by atoms with Crippen LogP contribution in [0.3, 0.4) is 0 Å². The highest BCUT2D eigenvalue weighted by atomic mass is 32.2. The van der Waals surface area contributed by atoms with Crippen LogP contribution in [-0.4, -0.2) is 17.2 Å². The van der Waals surface area contributed by atoms with Gasteiger partial charge in [-0.1, -0.05) is 18.2 Å². The molecule has 2 nitrogen and oxygen atoms in total. The molecule has 2 atom stereocenters. The van der Waals surface area contributed by atoms with Crippen molar-refractivity contribution in [2.75, 3.05) is 6.26 Å². The number of nitriles is 1. The molecule has 0 aliphatic carbocycles. The summed E-state index contributed by atoms with van der Waals surface area (Å²) in [6.45, 7) is 4.13. The molecular formula is C13H14N2S. The summed E-state index contributed by atoms with van der Waals surface area (Å²) >= 11 is 1.59. The SMILES string of the molecule is CSC(C#N)C1(C)C(C)=Nc2ccccc21. The van der Waals surface area contributed by atoms with Crippen LogP contribution >= 0.6 is 11.8 Å². The van der Waals surface area contributed by atoms with Gasteiger partial charge in [0.2, 0.25) is 0 Å². The summed E-state index contributed by atoms with van der Waals surface area (Å²) in [5.74, 6) is 0. The first-order valence-corrected chi connectivity index (χ1v) is 6.51. The van der Waals surface area contributed by atoms with E-state index in [0.717, 1.165) is 11.4 Å². The first-order chi connectivity index (χ1) is 7.64. The number of thioether (sulfide) groups is 1. The predicted octanol–water partition coefficient (Wildman–Crippen LogP) is 3.31. The van der Waals surface area contributed by atoms with E-state index in [-0.39, 0.29) is 10.7 Å². The van der Waals surface area contributed by atoms with E-state index in [4.69, 9.17) is 0 Å². The number of hydrogen-bond acceptors (Lipinski definition) is 3. The fourth-order valence-corrected chi connectivity index (χ4v) is 3.12. The average Bonchev–Trinajstić information content (AvgIpc) is 2.55. The number of aliphatic imine (C=N–C) groups is 1. The van der Waals surface area contributed by atoms with E-state index in [2.05, 4.69) is 24.1 Å². The Morgan fingerprint density at radius 3 is 2.75 bits per heavy atom. The van der Waals surface area contributed by atoms with E-state index < -0.39 is 0 Å². The monoisotopic (exact) mass is 230 g/mol. The van der Waals surface area contributed by atoms with Gasteiger partial charge in [0.25, 0.3) is 0 Å². The molecule has 0 spiro atoms. The molecule has 82 valence electrons. The summed E-state index contributed by atoms with van der Waals surface area (Å²) in [6, 6.07) is 10.5. The zero-order valence-corrected chi connectivity index (χ0v) is 10.5. The average molecular weight is 230 g/mol. The highest BCUT2D eigenvalue weighted by Gasteiger charge is 2.43. The number of rotatable bonds is 2. The molecule has 2 rings (SSSR count). The van der Waals surface area contributed by atoms with Crippen molar-refractivity contribution < 1.29 is 0 Å². The normalized spacial score (nSPS) is 24.5. The first-order valence-electron chi connectivity index (χ1n) is 5.22. The van der Waals surface area contributed by atoms with Gasteiger partial charge in [0, 0.05) is 5.71 Å². The van der Waals surface area contributed by atoms with Gasteiger partial charge in [-0.2, -0.15) is 5.26 Å². The molecule has 16 heavy (non-hydrogen) atoms. The van der Waals surface area contributed by atoms with E-state index in [9.17, 15) is 5.26 Å². The van der Waals surface area contributed by atoms with Crippen molar-refractivity contribution >= 4 is 23.2 Å². The van der Waals surface area contributed by atoms with E-state index in [1.165, 1.54) is 5.56 Å². The lowest BCUT2D eigenvalue weighted by Crippen LogP contribution is -2.38. The highest BCUT2D eigenvalue weighted by molar-refractivity contribution is 7.99. The van der Waals surface area contributed by atoms with Crippen molar-refractivity contribution in [2.24, 2.45) is 4.99 Å². The fourth-order valence-electron chi connectivity index (χ4n) is 2.25. The van der Waals surface area contributed by atoms with Crippen molar-refractivity contribution in [2.45, 2.75) is 24.5 Å². The van der Waals surface area contributed by atoms with Gasteiger partial charge in [0.1, 0.15) is 5.25 Å². The maximum absolute atomic E-state index is 9.27. The van der Waals surface area contributed by atoms with Gasteiger partial charge in [0.05, 0.1) is 17.2 Å². The Balaban J connectivity index is 2.59. The number of hydrogen-bond donors (Lipinski definition) is 0. The van der Waals surface area contributed by atoms with Gasteiger partial charge in [-0.3, -0.25) is 4.99 Å².